The second kappa shape index (κ2) is 11.7. The van der Waals surface area contributed by atoms with Crippen LogP contribution in [0.3, 0.4) is 0 Å². The molecule has 0 spiro atoms. The predicted octanol–water partition coefficient (Wildman–Crippen LogP) is 5.74. The van der Waals surface area contributed by atoms with E-state index in [1.807, 2.05) is 0 Å². The molecular weight excluding hydrogens is 688 g/mol. The summed E-state index contributed by atoms with van der Waals surface area (Å²) in [7, 11) is 0. The van der Waals surface area contributed by atoms with Crippen molar-refractivity contribution < 1.29 is 38.4 Å². The Morgan fingerprint density at radius 2 is 0.556 bits per heavy atom. The first-order valence-electron chi connectivity index (χ1n) is 18.9. The smallest absolute Gasteiger partial charge is 0.261 e. The van der Waals surface area contributed by atoms with Crippen LogP contribution in [0.1, 0.15) is 147 Å². The maximum absolute atomic E-state index is 14.5. The highest BCUT2D eigenvalue weighted by atomic mass is 16.2. The van der Waals surface area contributed by atoms with E-state index < -0.39 is 59.3 Å². The quantitative estimate of drug-likeness (QED) is 0.209. The Hall–Kier alpha value is -6.04. The average Bonchev–Trinajstić information content (AvgIpc) is 3.17. The highest BCUT2D eigenvalue weighted by Gasteiger charge is 2.49. The Kier molecular flexibility index (Phi) is 7.08. The zero-order valence-corrected chi connectivity index (χ0v) is 29.3. The molecule has 17 aliphatic heterocycles. The number of rotatable bonds is 0. The minimum atomic E-state index is -0.856. The molecule has 4 aromatic carbocycles. The third kappa shape index (κ3) is 4.24. The number of carbonyl (C=O) groups is 8. The SMILES string of the molecule is O=C1c2ccc3c4c5ccc(c24)C(=O)N1CCCCCCCCN1C(=O)c2ccc4c6c(ccc(c26)C1=O)C(=O)N(C4=O)[C@@H]1CCCC[C@H]1N(C3=O)C5=O. The summed E-state index contributed by atoms with van der Waals surface area (Å²) < 4.78 is 0. The summed E-state index contributed by atoms with van der Waals surface area (Å²) in [6.07, 6.45) is 6.34. The normalized spacial score (nSPS) is 22.8. The molecule has 0 saturated heterocycles. The molecule has 54 heavy (non-hydrogen) atoms. The van der Waals surface area contributed by atoms with Crippen molar-refractivity contribution in [2.45, 2.75) is 76.3 Å². The zero-order valence-electron chi connectivity index (χ0n) is 29.3. The lowest BCUT2D eigenvalue weighted by Crippen LogP contribution is -2.61. The third-order valence-corrected chi connectivity index (χ3v) is 12.4. The van der Waals surface area contributed by atoms with Crippen LogP contribution in [-0.4, -0.2) is 92.0 Å². The Morgan fingerprint density at radius 1 is 0.315 bits per heavy atom. The monoisotopic (exact) mass is 722 g/mol. The first kappa shape index (κ1) is 32.6. The van der Waals surface area contributed by atoms with Crippen LogP contribution in [0.2, 0.25) is 0 Å². The summed E-state index contributed by atoms with van der Waals surface area (Å²) >= 11 is 0. The van der Waals surface area contributed by atoms with Gasteiger partial charge in [0, 0.05) is 79.1 Å². The summed E-state index contributed by atoms with van der Waals surface area (Å²) in [5.41, 5.74) is 1.74. The number of carbonyl (C=O) groups excluding carboxylic acids is 8. The van der Waals surface area contributed by atoms with Gasteiger partial charge in [-0.25, -0.2) is 0 Å². The van der Waals surface area contributed by atoms with E-state index in [0.29, 0.717) is 49.3 Å². The molecule has 12 heteroatoms. The molecule has 12 nitrogen and oxygen atoms in total. The van der Waals surface area contributed by atoms with Gasteiger partial charge in [-0.2, -0.15) is 0 Å². The van der Waals surface area contributed by atoms with E-state index >= 15 is 0 Å². The van der Waals surface area contributed by atoms with E-state index in [1.165, 1.54) is 34.1 Å². The van der Waals surface area contributed by atoms with Gasteiger partial charge in [0.2, 0.25) is 0 Å². The molecule has 17 heterocycles. The Labute approximate surface area is 308 Å². The zero-order chi connectivity index (χ0) is 37.2. The minimum Gasteiger partial charge on any atom is -0.274 e. The molecule has 4 aromatic rings. The van der Waals surface area contributed by atoms with E-state index in [0.717, 1.165) is 35.5 Å². The molecule has 0 aromatic heterocycles. The fourth-order valence-electron chi connectivity index (χ4n) is 9.84. The fraction of sp³-hybridized carbons (Fsp3) is 0.333. The van der Waals surface area contributed by atoms with Crippen molar-refractivity contribution in [3.63, 3.8) is 0 Å². The largest absolute Gasteiger partial charge is 0.274 e. The van der Waals surface area contributed by atoms with Gasteiger partial charge >= 0.3 is 0 Å². The highest BCUT2D eigenvalue weighted by molar-refractivity contribution is 6.35. The van der Waals surface area contributed by atoms with Crippen molar-refractivity contribution in [1.82, 2.24) is 19.6 Å². The van der Waals surface area contributed by atoms with Gasteiger partial charge in [-0.3, -0.25) is 58.0 Å². The number of nitrogens with zero attached hydrogens (tertiary/aromatic N) is 4. The molecule has 0 unspecified atom stereocenters. The summed E-state index contributed by atoms with van der Waals surface area (Å²) in [6.45, 7) is 0.436. The van der Waals surface area contributed by atoms with Crippen molar-refractivity contribution in [3.8, 4) is 0 Å². The maximum atomic E-state index is 14.5. The Balaban J connectivity index is 1.11. The molecule has 1 aliphatic carbocycles. The second-order valence-electron chi connectivity index (χ2n) is 15.2. The molecule has 8 amide bonds. The Morgan fingerprint density at radius 3 is 0.833 bits per heavy atom. The number of imide groups is 4. The molecule has 0 radical (unpaired) electrons. The molecule has 22 rings (SSSR count). The lowest BCUT2D eigenvalue weighted by molar-refractivity contribution is 0.0241. The standard InChI is InChI=1S/C42H34N4O8/c47-35-21-11-15-25-33-26-16-12-22(31(21)33)36(48)43(35)19-7-3-1-2-4-8-20-44-37(49)23-13-17-27-34-28(18-14-24(32(23)34)38(44)50)42(54)46(41(27)53)30-10-6-5-9-29(30)45(39(25)51)40(26)52/h11-18,29-30H,1-10,19-20H2/t29-,30-/m1/s1. The lowest BCUT2D eigenvalue weighted by atomic mass is 9.81. The molecule has 1 fully saturated rings. The first-order chi connectivity index (χ1) is 26.2. The lowest BCUT2D eigenvalue weighted by Gasteiger charge is -2.45. The van der Waals surface area contributed by atoms with Crippen LogP contribution >= 0.6 is 0 Å². The second-order valence-corrected chi connectivity index (χ2v) is 15.2. The number of hydrogen-bond acceptors (Lipinski definition) is 8. The summed E-state index contributed by atoms with van der Waals surface area (Å²) in [6, 6.07) is 10.7. The summed E-state index contributed by atoms with van der Waals surface area (Å²) in [5, 5.41) is 1.15. The van der Waals surface area contributed by atoms with Crippen molar-refractivity contribution in [1.29, 1.82) is 0 Å². The Bertz CT molecular complexity index is 2210. The molecule has 18 aliphatic rings. The van der Waals surface area contributed by atoms with E-state index in [4.69, 9.17) is 0 Å². The fourth-order valence-corrected chi connectivity index (χ4v) is 9.84. The van der Waals surface area contributed by atoms with E-state index in [9.17, 15) is 38.4 Å². The summed E-state index contributed by atoms with van der Waals surface area (Å²) in [5.74, 6) is -4.36. The van der Waals surface area contributed by atoms with Gasteiger partial charge in [0.1, 0.15) is 0 Å². The van der Waals surface area contributed by atoms with Gasteiger partial charge in [-0.05, 0) is 74.2 Å². The van der Waals surface area contributed by atoms with E-state index in [2.05, 4.69) is 0 Å². The first-order valence-corrected chi connectivity index (χ1v) is 18.9. The van der Waals surface area contributed by atoms with Gasteiger partial charge in [0.05, 0.1) is 12.1 Å². The molecule has 270 valence electrons. The van der Waals surface area contributed by atoms with E-state index in [1.54, 1.807) is 24.3 Å². The summed E-state index contributed by atoms with van der Waals surface area (Å²) in [4.78, 5) is 118. The molecule has 1 saturated carbocycles. The topological polar surface area (TPSA) is 150 Å². The van der Waals surface area contributed by atoms with Crippen LogP contribution in [0.25, 0.3) is 21.5 Å². The van der Waals surface area contributed by atoms with Gasteiger partial charge in [-0.1, -0.05) is 38.5 Å². The van der Waals surface area contributed by atoms with Crippen LogP contribution < -0.4 is 0 Å². The van der Waals surface area contributed by atoms with Gasteiger partial charge in [0.15, 0.2) is 0 Å². The molecule has 16 bridgehead atoms. The highest BCUT2D eigenvalue weighted by Crippen LogP contribution is 2.43. The van der Waals surface area contributed by atoms with Crippen molar-refractivity contribution in [2.24, 2.45) is 0 Å². The van der Waals surface area contributed by atoms with Gasteiger partial charge in [0.25, 0.3) is 47.3 Å². The predicted molar refractivity (Wildman–Crippen MR) is 193 cm³/mol. The van der Waals surface area contributed by atoms with Crippen molar-refractivity contribution in [2.75, 3.05) is 13.1 Å². The average molecular weight is 723 g/mol. The number of hydrogen-bond donors (Lipinski definition) is 0. The number of benzene rings is 4. The molecular formula is C42H34N4O8. The third-order valence-electron chi connectivity index (χ3n) is 12.4. The van der Waals surface area contributed by atoms with Crippen molar-refractivity contribution in [3.05, 3.63) is 93.0 Å². The molecule has 0 N–H and O–H groups in total. The van der Waals surface area contributed by atoms with Gasteiger partial charge < -0.3 is 0 Å². The van der Waals surface area contributed by atoms with Crippen LogP contribution in [0.15, 0.2) is 48.5 Å². The van der Waals surface area contributed by atoms with Crippen LogP contribution in [0, 0.1) is 0 Å². The molecule has 2 atom stereocenters. The van der Waals surface area contributed by atoms with Crippen LogP contribution in [0.5, 0.6) is 0 Å². The number of amides is 8. The van der Waals surface area contributed by atoms with Gasteiger partial charge in [-0.15, -0.1) is 0 Å². The van der Waals surface area contributed by atoms with Crippen LogP contribution in [0.4, 0.5) is 0 Å². The van der Waals surface area contributed by atoms with Crippen molar-refractivity contribution >= 4 is 68.8 Å². The van der Waals surface area contributed by atoms with E-state index in [-0.39, 0.29) is 68.4 Å². The van der Waals surface area contributed by atoms with Crippen LogP contribution in [-0.2, 0) is 0 Å². The maximum Gasteiger partial charge on any atom is 0.261 e. The minimum absolute atomic E-state index is 0.175.